The molecule has 0 unspecified atom stereocenters. The topological polar surface area (TPSA) is 96.7 Å². The van der Waals surface area contributed by atoms with Crippen LogP contribution < -0.4 is 0 Å². The van der Waals surface area contributed by atoms with Gasteiger partial charge < -0.3 is 9.64 Å². The maximum atomic E-state index is 12.0. The molecule has 0 N–H and O–H groups in total. The Morgan fingerprint density at radius 3 is 2.35 bits per heavy atom. The average molecular weight is 346 g/mol. The highest BCUT2D eigenvalue weighted by Crippen LogP contribution is 2.34. The van der Waals surface area contributed by atoms with Crippen molar-refractivity contribution in [2.45, 2.75) is 52.6 Å². The summed E-state index contributed by atoms with van der Waals surface area (Å²) in [6, 6.07) is 1.57. The molecule has 1 saturated heterocycles. The number of piperidine rings is 1. The van der Waals surface area contributed by atoms with Gasteiger partial charge in [0.25, 0.3) is 10.1 Å². The number of carbonyl (C=O) groups is 1. The van der Waals surface area contributed by atoms with E-state index in [9.17, 15) is 13.2 Å². The van der Waals surface area contributed by atoms with Crippen LogP contribution in [0.3, 0.4) is 0 Å². The fraction of sp³-hybridized carbons (Fsp3) is 0.867. The fourth-order valence-electron chi connectivity index (χ4n) is 2.34. The molecule has 7 nitrogen and oxygen atoms in total. The third-order valence-electron chi connectivity index (χ3n) is 3.83. The van der Waals surface area contributed by atoms with Gasteiger partial charge >= 0.3 is 6.09 Å². The normalized spacial score (nSPS) is 18.3. The summed E-state index contributed by atoms with van der Waals surface area (Å²) in [7, 11) is -3.75. The third-order valence-corrected chi connectivity index (χ3v) is 4.84. The molecular weight excluding hydrogens is 320 g/mol. The molecule has 0 bridgehead atoms. The summed E-state index contributed by atoms with van der Waals surface area (Å²) in [5, 5.41) is 8.40. The van der Waals surface area contributed by atoms with Gasteiger partial charge in [-0.1, -0.05) is 6.92 Å². The molecule has 0 aromatic rings. The molecule has 0 saturated carbocycles. The van der Waals surface area contributed by atoms with Crippen molar-refractivity contribution in [3.8, 4) is 6.07 Å². The van der Waals surface area contributed by atoms with Crippen LogP contribution in [0, 0.1) is 16.7 Å². The molecule has 0 atom stereocenters. The Morgan fingerprint density at radius 2 is 1.87 bits per heavy atom. The predicted octanol–water partition coefficient (Wildman–Crippen LogP) is 2.28. The van der Waals surface area contributed by atoms with Gasteiger partial charge in [-0.05, 0) is 45.4 Å². The van der Waals surface area contributed by atoms with Crippen LogP contribution in [0.1, 0.15) is 47.0 Å². The van der Waals surface area contributed by atoms with Crippen molar-refractivity contribution < 1.29 is 22.1 Å². The van der Waals surface area contributed by atoms with Gasteiger partial charge in [0.05, 0.1) is 12.7 Å². The van der Waals surface area contributed by atoms with Crippen molar-refractivity contribution in [3.05, 3.63) is 0 Å². The zero-order valence-corrected chi connectivity index (χ0v) is 15.1. The van der Waals surface area contributed by atoms with E-state index in [4.69, 9.17) is 14.2 Å². The van der Waals surface area contributed by atoms with Gasteiger partial charge in [-0.2, -0.15) is 13.7 Å². The van der Waals surface area contributed by atoms with Crippen LogP contribution in [-0.2, 0) is 19.0 Å². The summed E-state index contributed by atoms with van der Waals surface area (Å²) >= 11 is 0. The molecule has 8 heteroatoms. The number of likely N-dealkylation sites (tertiary alicyclic amines) is 1. The molecule has 0 aromatic heterocycles. The zero-order chi connectivity index (χ0) is 17.7. The Bertz CT molecular complexity index is 551. The lowest BCUT2D eigenvalue weighted by Crippen LogP contribution is -2.44. The largest absolute Gasteiger partial charge is 0.444 e. The van der Waals surface area contributed by atoms with Crippen molar-refractivity contribution in [2.24, 2.45) is 5.41 Å². The first kappa shape index (κ1) is 19.7. The second-order valence-corrected chi connectivity index (χ2v) is 8.85. The second kappa shape index (κ2) is 7.49. The van der Waals surface area contributed by atoms with Gasteiger partial charge in [0.1, 0.15) is 5.60 Å². The molecule has 0 spiro atoms. The van der Waals surface area contributed by atoms with Crippen LogP contribution in [0.5, 0.6) is 0 Å². The van der Waals surface area contributed by atoms with E-state index < -0.39 is 21.5 Å². The van der Waals surface area contributed by atoms with E-state index in [-0.39, 0.29) is 18.1 Å². The van der Waals surface area contributed by atoms with E-state index in [1.165, 1.54) is 0 Å². The number of amides is 1. The van der Waals surface area contributed by atoms with Gasteiger partial charge in [0.2, 0.25) is 0 Å². The molecule has 1 rings (SSSR count). The first-order valence-electron chi connectivity index (χ1n) is 7.68. The summed E-state index contributed by atoms with van der Waals surface area (Å²) in [5.41, 5.74) is -0.596. The Labute approximate surface area is 138 Å². The average Bonchev–Trinajstić information content (AvgIpc) is 2.36. The smallest absolute Gasteiger partial charge is 0.410 e. The number of hydrogen-bond donors (Lipinski definition) is 0. The van der Waals surface area contributed by atoms with Gasteiger partial charge in [-0.25, -0.2) is 4.79 Å². The molecule has 0 aromatic carbocycles. The number of nitrogens with zero attached hydrogens (tertiary/aromatic N) is 2. The summed E-state index contributed by atoms with van der Waals surface area (Å²) < 4.78 is 32.8. The SMILES string of the molecule is CC1(CCOS(=O)(=O)CC#N)CCN(C(=O)OC(C)(C)C)CC1. The number of rotatable bonds is 5. The Hall–Kier alpha value is -1.33. The van der Waals surface area contributed by atoms with Gasteiger partial charge in [0.15, 0.2) is 5.75 Å². The van der Waals surface area contributed by atoms with Crippen molar-refractivity contribution >= 4 is 16.2 Å². The highest BCUT2D eigenvalue weighted by molar-refractivity contribution is 7.86. The van der Waals surface area contributed by atoms with E-state index in [0.29, 0.717) is 19.5 Å². The quantitative estimate of drug-likeness (QED) is 0.709. The van der Waals surface area contributed by atoms with E-state index in [1.54, 1.807) is 11.0 Å². The fourth-order valence-corrected chi connectivity index (χ4v) is 2.92. The maximum absolute atomic E-state index is 12.0. The highest BCUT2D eigenvalue weighted by Gasteiger charge is 2.33. The van der Waals surface area contributed by atoms with E-state index >= 15 is 0 Å². The first-order valence-corrected chi connectivity index (χ1v) is 9.26. The van der Waals surface area contributed by atoms with Crippen LogP contribution in [-0.4, -0.2) is 50.5 Å². The predicted molar refractivity (Wildman–Crippen MR) is 85.1 cm³/mol. The van der Waals surface area contributed by atoms with Gasteiger partial charge in [-0.3, -0.25) is 4.18 Å². The Morgan fingerprint density at radius 1 is 1.30 bits per heavy atom. The van der Waals surface area contributed by atoms with Crippen LogP contribution in [0.2, 0.25) is 0 Å². The summed E-state index contributed by atoms with van der Waals surface area (Å²) in [4.78, 5) is 13.7. The number of ether oxygens (including phenoxy) is 1. The third kappa shape index (κ3) is 7.18. The minimum Gasteiger partial charge on any atom is -0.444 e. The minimum absolute atomic E-state index is 0.0625. The molecule has 0 radical (unpaired) electrons. The monoisotopic (exact) mass is 346 g/mol. The minimum atomic E-state index is -3.75. The molecule has 1 fully saturated rings. The number of hydrogen-bond acceptors (Lipinski definition) is 6. The van der Waals surface area contributed by atoms with Crippen LogP contribution in [0.4, 0.5) is 4.79 Å². The van der Waals surface area contributed by atoms with Gasteiger partial charge in [0, 0.05) is 13.1 Å². The van der Waals surface area contributed by atoms with E-state index in [2.05, 4.69) is 6.92 Å². The standard InChI is InChI=1S/C15H26N2O5S/c1-14(2,3)22-13(18)17-9-5-15(4,6-10-17)7-11-21-23(19,20)12-8-16/h5-7,9-12H2,1-4H3. The Kier molecular flexibility index (Phi) is 6.42. The van der Waals surface area contributed by atoms with E-state index in [0.717, 1.165) is 12.8 Å². The highest BCUT2D eigenvalue weighted by atomic mass is 32.2. The molecule has 132 valence electrons. The first-order chi connectivity index (χ1) is 10.5. The number of nitriles is 1. The van der Waals surface area contributed by atoms with Gasteiger partial charge in [-0.15, -0.1) is 0 Å². The lowest BCUT2D eigenvalue weighted by atomic mass is 9.78. The summed E-state index contributed by atoms with van der Waals surface area (Å²) in [6.07, 6.45) is 1.77. The second-order valence-electron chi connectivity index (χ2n) is 7.21. The number of carbonyl (C=O) groups excluding carboxylic acids is 1. The van der Waals surface area contributed by atoms with Crippen molar-refractivity contribution in [3.63, 3.8) is 0 Å². The van der Waals surface area contributed by atoms with Crippen molar-refractivity contribution in [1.82, 2.24) is 4.90 Å². The molecule has 1 heterocycles. The summed E-state index contributed by atoms with van der Waals surface area (Å²) in [5.74, 6) is -0.629. The van der Waals surface area contributed by atoms with Crippen LogP contribution in [0.25, 0.3) is 0 Å². The molecular formula is C15H26N2O5S. The molecule has 1 aliphatic rings. The molecule has 1 aliphatic heterocycles. The summed E-state index contributed by atoms with van der Waals surface area (Å²) in [6.45, 7) is 8.77. The van der Waals surface area contributed by atoms with Crippen molar-refractivity contribution in [1.29, 1.82) is 5.26 Å². The van der Waals surface area contributed by atoms with E-state index in [1.807, 2.05) is 20.8 Å². The van der Waals surface area contributed by atoms with Crippen LogP contribution in [0.15, 0.2) is 0 Å². The lowest BCUT2D eigenvalue weighted by Gasteiger charge is -2.39. The molecule has 1 amide bonds. The van der Waals surface area contributed by atoms with Crippen molar-refractivity contribution in [2.75, 3.05) is 25.4 Å². The zero-order valence-electron chi connectivity index (χ0n) is 14.3. The van der Waals surface area contributed by atoms with Crippen LogP contribution >= 0.6 is 0 Å². The molecule has 23 heavy (non-hydrogen) atoms. The Balaban J connectivity index is 2.42. The lowest BCUT2D eigenvalue weighted by molar-refractivity contribution is 0.00993. The molecule has 0 aliphatic carbocycles. The maximum Gasteiger partial charge on any atom is 0.410 e.